The van der Waals surface area contributed by atoms with Gasteiger partial charge in [-0.25, -0.2) is 4.98 Å². The Morgan fingerprint density at radius 1 is 1.16 bits per heavy atom. The monoisotopic (exact) mass is 417 g/mol. The number of carbonyl (C=O) groups excluding carboxylic acids is 1. The molecular weight excluding hydrogens is 390 g/mol. The van der Waals surface area contributed by atoms with Crippen molar-refractivity contribution in [3.63, 3.8) is 0 Å². The molecule has 0 bridgehead atoms. The van der Waals surface area contributed by atoms with Gasteiger partial charge in [-0.1, -0.05) is 12.1 Å². The number of imidazole rings is 1. The van der Waals surface area contributed by atoms with E-state index in [0.29, 0.717) is 24.5 Å². The SMILES string of the molecule is Cc1ccc2nc(COc3cccc(C(=O)N(Cc4cnn(C)c4)C(C)C)c3)cn2c1. The van der Waals surface area contributed by atoms with Crippen LogP contribution in [0.3, 0.4) is 0 Å². The summed E-state index contributed by atoms with van der Waals surface area (Å²) in [5, 5.41) is 4.20. The molecule has 0 fully saturated rings. The molecule has 0 aliphatic heterocycles. The summed E-state index contributed by atoms with van der Waals surface area (Å²) in [4.78, 5) is 19.6. The first-order chi connectivity index (χ1) is 14.9. The molecule has 0 saturated carbocycles. The van der Waals surface area contributed by atoms with Crippen LogP contribution in [0.15, 0.2) is 61.2 Å². The lowest BCUT2D eigenvalue weighted by Crippen LogP contribution is -2.36. The Hall–Kier alpha value is -3.61. The first-order valence-electron chi connectivity index (χ1n) is 10.3. The van der Waals surface area contributed by atoms with Crippen molar-refractivity contribution in [1.82, 2.24) is 24.1 Å². The van der Waals surface area contributed by atoms with E-state index < -0.39 is 0 Å². The minimum Gasteiger partial charge on any atom is -0.487 e. The van der Waals surface area contributed by atoms with E-state index in [2.05, 4.69) is 10.1 Å². The van der Waals surface area contributed by atoms with E-state index in [1.165, 1.54) is 5.56 Å². The average molecular weight is 418 g/mol. The fourth-order valence-corrected chi connectivity index (χ4v) is 3.51. The van der Waals surface area contributed by atoms with Crippen LogP contribution in [-0.4, -0.2) is 36.0 Å². The average Bonchev–Trinajstić information content (AvgIpc) is 3.35. The molecule has 0 unspecified atom stereocenters. The third-order valence-electron chi connectivity index (χ3n) is 5.11. The smallest absolute Gasteiger partial charge is 0.254 e. The van der Waals surface area contributed by atoms with E-state index >= 15 is 0 Å². The second kappa shape index (κ2) is 8.63. The van der Waals surface area contributed by atoms with Crippen LogP contribution < -0.4 is 4.74 Å². The lowest BCUT2D eigenvalue weighted by atomic mass is 10.1. The summed E-state index contributed by atoms with van der Waals surface area (Å²) in [5.74, 6) is 0.608. The van der Waals surface area contributed by atoms with Crippen molar-refractivity contribution >= 4 is 11.6 Å². The van der Waals surface area contributed by atoms with E-state index in [1.807, 2.05) is 86.0 Å². The third-order valence-corrected chi connectivity index (χ3v) is 5.11. The maximum Gasteiger partial charge on any atom is 0.254 e. The van der Waals surface area contributed by atoms with Gasteiger partial charge in [-0.05, 0) is 50.6 Å². The first-order valence-corrected chi connectivity index (χ1v) is 10.3. The molecule has 0 atom stereocenters. The highest BCUT2D eigenvalue weighted by Crippen LogP contribution is 2.19. The summed E-state index contributed by atoms with van der Waals surface area (Å²) in [7, 11) is 1.87. The Morgan fingerprint density at radius 3 is 2.74 bits per heavy atom. The number of nitrogens with zero attached hydrogens (tertiary/aromatic N) is 5. The normalized spacial score (nSPS) is 11.3. The van der Waals surface area contributed by atoms with Gasteiger partial charge >= 0.3 is 0 Å². The van der Waals surface area contributed by atoms with Gasteiger partial charge in [-0.3, -0.25) is 9.48 Å². The zero-order chi connectivity index (χ0) is 22.0. The Kier molecular flexibility index (Phi) is 5.75. The number of hydrogen-bond acceptors (Lipinski definition) is 4. The van der Waals surface area contributed by atoms with Crippen molar-refractivity contribution < 1.29 is 9.53 Å². The van der Waals surface area contributed by atoms with Crippen LogP contribution in [-0.2, 0) is 20.2 Å². The molecule has 3 aromatic heterocycles. The second-order valence-corrected chi connectivity index (χ2v) is 8.07. The summed E-state index contributed by atoms with van der Waals surface area (Å²) in [6, 6.07) is 11.4. The number of rotatable bonds is 7. The van der Waals surface area contributed by atoms with Crippen LogP contribution in [0.1, 0.15) is 41.0 Å². The van der Waals surface area contributed by atoms with E-state index in [4.69, 9.17) is 4.74 Å². The molecule has 4 aromatic rings. The van der Waals surface area contributed by atoms with Crippen molar-refractivity contribution in [2.75, 3.05) is 0 Å². The number of aryl methyl sites for hydroxylation is 2. The quantitative estimate of drug-likeness (QED) is 0.456. The lowest BCUT2D eigenvalue weighted by Gasteiger charge is -2.26. The molecular formula is C24H27N5O2. The summed E-state index contributed by atoms with van der Waals surface area (Å²) in [6.45, 7) is 6.92. The van der Waals surface area contributed by atoms with Crippen molar-refractivity contribution in [2.45, 2.75) is 40.0 Å². The topological polar surface area (TPSA) is 64.7 Å². The van der Waals surface area contributed by atoms with Gasteiger partial charge in [0.05, 0.1) is 11.9 Å². The predicted molar refractivity (Wildman–Crippen MR) is 119 cm³/mol. The lowest BCUT2D eigenvalue weighted by molar-refractivity contribution is 0.0690. The number of ether oxygens (including phenoxy) is 1. The van der Waals surface area contributed by atoms with Crippen LogP contribution in [0.25, 0.3) is 5.65 Å². The fourth-order valence-electron chi connectivity index (χ4n) is 3.51. The van der Waals surface area contributed by atoms with E-state index in [9.17, 15) is 4.79 Å². The van der Waals surface area contributed by atoms with Gasteiger partial charge in [0.2, 0.25) is 0 Å². The van der Waals surface area contributed by atoms with E-state index in [0.717, 1.165) is 16.9 Å². The van der Waals surface area contributed by atoms with E-state index in [-0.39, 0.29) is 11.9 Å². The Labute approximate surface area is 181 Å². The highest BCUT2D eigenvalue weighted by molar-refractivity contribution is 5.94. The highest BCUT2D eigenvalue weighted by atomic mass is 16.5. The van der Waals surface area contributed by atoms with Gasteiger partial charge in [0.15, 0.2) is 0 Å². The fraction of sp³-hybridized carbons (Fsp3) is 0.292. The molecule has 3 heterocycles. The zero-order valence-corrected chi connectivity index (χ0v) is 18.3. The van der Waals surface area contributed by atoms with Gasteiger partial charge in [0, 0.05) is 49.4 Å². The van der Waals surface area contributed by atoms with Crippen LogP contribution in [0.2, 0.25) is 0 Å². The Bertz CT molecular complexity index is 1210. The minimum atomic E-state index is -0.0347. The first kappa shape index (κ1) is 20.7. The molecule has 160 valence electrons. The largest absolute Gasteiger partial charge is 0.487 e. The highest BCUT2D eigenvalue weighted by Gasteiger charge is 2.20. The number of pyridine rings is 1. The summed E-state index contributed by atoms with van der Waals surface area (Å²) in [6.07, 6.45) is 7.72. The van der Waals surface area contributed by atoms with Gasteiger partial charge in [-0.15, -0.1) is 0 Å². The summed E-state index contributed by atoms with van der Waals surface area (Å²) in [5.41, 5.74) is 4.49. The van der Waals surface area contributed by atoms with E-state index in [1.54, 1.807) is 16.9 Å². The number of aromatic nitrogens is 4. The van der Waals surface area contributed by atoms with Crippen LogP contribution in [0.4, 0.5) is 0 Å². The number of carbonyl (C=O) groups is 1. The Balaban J connectivity index is 1.47. The molecule has 4 rings (SSSR count). The molecule has 0 aliphatic carbocycles. The third kappa shape index (κ3) is 4.77. The maximum atomic E-state index is 13.2. The van der Waals surface area contributed by atoms with Crippen LogP contribution >= 0.6 is 0 Å². The summed E-state index contributed by atoms with van der Waals surface area (Å²) >= 11 is 0. The van der Waals surface area contributed by atoms with Crippen molar-refractivity contribution in [1.29, 1.82) is 0 Å². The molecule has 0 saturated heterocycles. The molecule has 1 aromatic carbocycles. The second-order valence-electron chi connectivity index (χ2n) is 8.07. The molecule has 0 radical (unpaired) electrons. The van der Waals surface area contributed by atoms with Gasteiger partial charge in [-0.2, -0.15) is 5.10 Å². The van der Waals surface area contributed by atoms with Crippen LogP contribution in [0, 0.1) is 6.92 Å². The minimum absolute atomic E-state index is 0.0347. The molecule has 1 amide bonds. The van der Waals surface area contributed by atoms with Crippen molar-refractivity contribution in [3.05, 3.63) is 83.6 Å². The maximum absolute atomic E-state index is 13.2. The molecule has 0 spiro atoms. The Morgan fingerprint density at radius 2 is 2.00 bits per heavy atom. The van der Waals surface area contributed by atoms with Crippen molar-refractivity contribution in [3.8, 4) is 5.75 Å². The molecule has 7 nitrogen and oxygen atoms in total. The predicted octanol–water partition coefficient (Wildman–Crippen LogP) is 4.01. The van der Waals surface area contributed by atoms with Gasteiger partial charge < -0.3 is 14.0 Å². The number of fused-ring (bicyclic) bond motifs is 1. The molecule has 7 heteroatoms. The standard InChI is InChI=1S/C24H27N5O2/c1-17(2)29(14-19-11-25-27(4)13-19)24(30)20-6-5-7-22(10-20)31-16-21-15-28-12-18(3)8-9-23(28)26-21/h5-13,15,17H,14,16H2,1-4H3. The number of amides is 1. The summed E-state index contributed by atoms with van der Waals surface area (Å²) < 4.78 is 9.68. The molecule has 0 N–H and O–H groups in total. The number of hydrogen-bond donors (Lipinski definition) is 0. The zero-order valence-electron chi connectivity index (χ0n) is 18.3. The van der Waals surface area contributed by atoms with Gasteiger partial charge in [0.1, 0.15) is 18.0 Å². The molecule has 31 heavy (non-hydrogen) atoms. The molecule has 0 aliphatic rings. The van der Waals surface area contributed by atoms with Crippen LogP contribution in [0.5, 0.6) is 5.75 Å². The number of benzene rings is 1. The van der Waals surface area contributed by atoms with Crippen molar-refractivity contribution in [2.24, 2.45) is 7.05 Å². The van der Waals surface area contributed by atoms with Gasteiger partial charge in [0.25, 0.3) is 5.91 Å².